The lowest BCUT2D eigenvalue weighted by Gasteiger charge is -2.46. The van der Waals surface area contributed by atoms with Crippen molar-refractivity contribution < 1.29 is 47.4 Å². The van der Waals surface area contributed by atoms with Crippen molar-refractivity contribution in [1.29, 1.82) is 0 Å². The summed E-state index contributed by atoms with van der Waals surface area (Å²) in [5.74, 6) is -0.441. The molecule has 0 unspecified atom stereocenters. The van der Waals surface area contributed by atoms with Crippen molar-refractivity contribution in [2.24, 2.45) is 5.41 Å². The number of hydrogen-bond donors (Lipinski definition) is 0. The van der Waals surface area contributed by atoms with E-state index in [0.717, 1.165) is 27.8 Å². The molecule has 8 atom stereocenters. The average molecular weight is 843 g/mol. The number of carbonyl (C=O) groups excluding carboxylic acids is 1. The molecule has 0 aromatic heterocycles. The van der Waals surface area contributed by atoms with Crippen LogP contribution >= 0.6 is 0 Å². The first kappa shape index (κ1) is 44.9. The summed E-state index contributed by atoms with van der Waals surface area (Å²) in [6, 6.07) is 49.6. The van der Waals surface area contributed by atoms with Crippen molar-refractivity contribution in [3.05, 3.63) is 192 Å². The second kappa shape index (κ2) is 22.8. The summed E-state index contributed by atoms with van der Waals surface area (Å²) in [5.41, 5.74) is 4.12. The maximum Gasteiger partial charge on any atom is 0.311 e. The Morgan fingerprint density at radius 1 is 0.484 bits per heavy atom. The molecule has 0 amide bonds. The van der Waals surface area contributed by atoms with E-state index in [2.05, 4.69) is 0 Å². The van der Waals surface area contributed by atoms with Crippen molar-refractivity contribution >= 4 is 5.97 Å². The molecule has 7 rings (SSSR count). The molecule has 5 aromatic rings. The van der Waals surface area contributed by atoms with E-state index < -0.39 is 60.4 Å². The zero-order valence-electron chi connectivity index (χ0n) is 35.7. The van der Waals surface area contributed by atoms with Gasteiger partial charge in [0.1, 0.15) is 30.5 Å². The number of benzene rings is 5. The fourth-order valence-corrected chi connectivity index (χ4v) is 7.20. The van der Waals surface area contributed by atoms with Gasteiger partial charge in [-0.1, -0.05) is 152 Å². The number of ether oxygens (including phenoxy) is 9. The molecule has 0 bridgehead atoms. The zero-order chi connectivity index (χ0) is 43.0. The van der Waals surface area contributed by atoms with Gasteiger partial charge in [-0.15, -0.1) is 0 Å². The summed E-state index contributed by atoms with van der Waals surface area (Å²) in [5, 5.41) is 0. The molecule has 5 aromatic carbocycles. The molecule has 10 heteroatoms. The van der Waals surface area contributed by atoms with E-state index in [1.165, 1.54) is 0 Å². The zero-order valence-corrected chi connectivity index (χ0v) is 35.7. The molecule has 326 valence electrons. The molecule has 0 N–H and O–H groups in total. The number of hydrogen-bond acceptors (Lipinski definition) is 10. The molecule has 1 fully saturated rings. The van der Waals surface area contributed by atoms with Crippen LogP contribution in [-0.4, -0.2) is 68.2 Å². The highest BCUT2D eigenvalue weighted by molar-refractivity contribution is 5.75. The molecule has 0 aliphatic carbocycles. The Hall–Kier alpha value is -5.17. The fraction of sp³-hybridized carbons (Fsp3) is 0.365. The molecule has 0 radical (unpaired) electrons. The molecule has 2 aliphatic rings. The lowest BCUT2D eigenvalue weighted by molar-refractivity contribution is -0.327. The fourth-order valence-electron chi connectivity index (χ4n) is 7.20. The third-order valence-electron chi connectivity index (χ3n) is 10.6. The van der Waals surface area contributed by atoms with Crippen LogP contribution in [0.5, 0.6) is 0 Å². The maximum atomic E-state index is 13.9. The first-order valence-corrected chi connectivity index (χ1v) is 21.3. The van der Waals surface area contributed by atoms with Crippen LogP contribution in [0.25, 0.3) is 0 Å². The van der Waals surface area contributed by atoms with E-state index in [1.54, 1.807) is 6.26 Å². The Morgan fingerprint density at radius 3 is 1.40 bits per heavy atom. The van der Waals surface area contributed by atoms with E-state index in [-0.39, 0.29) is 26.4 Å². The highest BCUT2D eigenvalue weighted by Crippen LogP contribution is 2.34. The highest BCUT2D eigenvalue weighted by atomic mass is 16.7. The molecular weight excluding hydrogens is 785 g/mol. The van der Waals surface area contributed by atoms with E-state index in [1.807, 2.05) is 179 Å². The van der Waals surface area contributed by atoms with E-state index in [9.17, 15) is 4.79 Å². The first-order chi connectivity index (χ1) is 30.3. The topological polar surface area (TPSA) is 100 Å². The van der Waals surface area contributed by atoms with Gasteiger partial charge in [0.05, 0.1) is 57.9 Å². The number of esters is 1. The van der Waals surface area contributed by atoms with Crippen molar-refractivity contribution in [3.63, 3.8) is 0 Å². The normalized spacial score (nSPS) is 23.7. The van der Waals surface area contributed by atoms with Gasteiger partial charge in [-0.2, -0.15) is 0 Å². The summed E-state index contributed by atoms with van der Waals surface area (Å²) in [4.78, 5) is 13.9. The molecule has 10 nitrogen and oxygen atoms in total. The second-order valence-electron chi connectivity index (χ2n) is 16.5. The monoisotopic (exact) mass is 842 g/mol. The van der Waals surface area contributed by atoms with Crippen LogP contribution in [-0.2, 0) is 80.5 Å². The second-order valence-corrected chi connectivity index (χ2v) is 16.5. The third kappa shape index (κ3) is 13.2. The predicted octanol–water partition coefficient (Wildman–Crippen LogP) is 9.16. The highest BCUT2D eigenvalue weighted by Gasteiger charge is 2.51. The predicted molar refractivity (Wildman–Crippen MR) is 234 cm³/mol. The minimum absolute atomic E-state index is 0.00175. The van der Waals surface area contributed by atoms with Gasteiger partial charge in [0.15, 0.2) is 18.5 Å². The summed E-state index contributed by atoms with van der Waals surface area (Å²) in [7, 11) is 0. The minimum atomic E-state index is -1.11. The molecule has 62 heavy (non-hydrogen) atoms. The first-order valence-electron chi connectivity index (χ1n) is 21.3. The van der Waals surface area contributed by atoms with Crippen LogP contribution in [0.3, 0.4) is 0 Å². The van der Waals surface area contributed by atoms with E-state index >= 15 is 0 Å². The Balaban J connectivity index is 1.18. The summed E-state index contributed by atoms with van der Waals surface area (Å²) in [6.07, 6.45) is -2.60. The van der Waals surface area contributed by atoms with Gasteiger partial charge in [0.25, 0.3) is 0 Å². The Bertz CT molecular complexity index is 2060. The van der Waals surface area contributed by atoms with Crippen LogP contribution in [0.2, 0.25) is 0 Å². The standard InChI is InChI=1S/C52H58O10/c1-52(2,3)51(53)62-49-48(59-35-42-27-17-8-18-28-42)47(58-34-41-25-15-7-16-26-41)45(36-54-31-38-19-9-4-10-20-38)61-50(49)60-37-44-46(57-33-40-23-13-6-14-24-40)43(29-30-55-44)56-32-39-21-11-5-12-22-39/h4-30,43-50H,31-37H2,1-3H3/t43-,44-,45-,46+,47-,48+,49-,50-/m1/s1. The summed E-state index contributed by atoms with van der Waals surface area (Å²) in [6.45, 7) is 7.10. The van der Waals surface area contributed by atoms with Gasteiger partial charge in [-0.25, -0.2) is 0 Å². The van der Waals surface area contributed by atoms with Gasteiger partial charge >= 0.3 is 5.97 Å². The van der Waals surface area contributed by atoms with E-state index in [4.69, 9.17) is 42.6 Å². The molecule has 2 aliphatic heterocycles. The molecule has 0 saturated carbocycles. The van der Waals surface area contributed by atoms with Gasteiger partial charge in [0.2, 0.25) is 0 Å². The van der Waals surface area contributed by atoms with Crippen LogP contribution < -0.4 is 0 Å². The average Bonchev–Trinajstić information content (AvgIpc) is 3.30. The largest absolute Gasteiger partial charge is 0.493 e. The van der Waals surface area contributed by atoms with Gasteiger partial charge in [0, 0.05) is 0 Å². The SMILES string of the molecule is CC(C)(C)C(=O)O[C@H]1[C@H](OC[C@H]2OC=C[C@@H](OCc3ccccc3)[C@@H]2OCc2ccccc2)O[C@H](COCc2ccccc2)[C@@H](OCc2ccccc2)[C@@H]1OCc1ccccc1. The molecular formula is C52H58O10. The smallest absolute Gasteiger partial charge is 0.311 e. The Kier molecular flexibility index (Phi) is 16.5. The van der Waals surface area contributed by atoms with Crippen molar-refractivity contribution in [2.75, 3.05) is 13.2 Å². The summed E-state index contributed by atoms with van der Waals surface area (Å²) >= 11 is 0. The lowest BCUT2D eigenvalue weighted by atomic mass is 9.95. The van der Waals surface area contributed by atoms with Crippen molar-refractivity contribution in [2.45, 2.75) is 103 Å². The summed E-state index contributed by atoms with van der Waals surface area (Å²) < 4.78 is 59.2. The molecule has 2 heterocycles. The van der Waals surface area contributed by atoms with Crippen LogP contribution in [0.4, 0.5) is 0 Å². The van der Waals surface area contributed by atoms with Gasteiger partial charge in [-0.05, 0) is 54.7 Å². The molecule has 1 saturated heterocycles. The van der Waals surface area contributed by atoms with Crippen molar-refractivity contribution in [3.8, 4) is 0 Å². The van der Waals surface area contributed by atoms with Gasteiger partial charge < -0.3 is 42.6 Å². The van der Waals surface area contributed by atoms with Crippen molar-refractivity contribution in [1.82, 2.24) is 0 Å². The minimum Gasteiger partial charge on any atom is -0.493 e. The van der Waals surface area contributed by atoms with Crippen LogP contribution in [0.15, 0.2) is 164 Å². The molecule has 0 spiro atoms. The number of carbonyl (C=O) groups is 1. The maximum absolute atomic E-state index is 13.9. The number of rotatable bonds is 20. The Labute approximate surface area is 365 Å². The van der Waals surface area contributed by atoms with Crippen LogP contribution in [0, 0.1) is 5.41 Å². The van der Waals surface area contributed by atoms with Gasteiger partial charge in [-0.3, -0.25) is 4.79 Å². The van der Waals surface area contributed by atoms with Crippen LogP contribution in [0.1, 0.15) is 48.6 Å². The quantitative estimate of drug-likeness (QED) is 0.0706. The Morgan fingerprint density at radius 2 is 0.919 bits per heavy atom. The lowest BCUT2D eigenvalue weighted by Crippen LogP contribution is -2.63. The third-order valence-corrected chi connectivity index (χ3v) is 10.6. The van der Waals surface area contributed by atoms with E-state index in [0.29, 0.717) is 19.8 Å².